The van der Waals surface area contributed by atoms with Crippen LogP contribution in [0, 0.1) is 6.92 Å². The molecule has 0 atom stereocenters. The van der Waals surface area contributed by atoms with Crippen LogP contribution in [0.25, 0.3) is 10.9 Å². The molecular weight excluding hydrogens is 348 g/mol. The maximum Gasteiger partial charge on any atom is 0.253 e. The van der Waals surface area contributed by atoms with Gasteiger partial charge in [-0.2, -0.15) is 0 Å². The molecule has 1 amide bonds. The molecule has 0 saturated heterocycles. The van der Waals surface area contributed by atoms with Gasteiger partial charge in [0.25, 0.3) is 5.91 Å². The molecule has 0 aliphatic heterocycles. The Balaban J connectivity index is 1.50. The van der Waals surface area contributed by atoms with Crippen LogP contribution in [0.3, 0.4) is 0 Å². The molecule has 0 radical (unpaired) electrons. The molecule has 0 aliphatic rings. The molecule has 4 rings (SSSR count). The van der Waals surface area contributed by atoms with Crippen molar-refractivity contribution in [2.75, 3.05) is 5.32 Å². The van der Waals surface area contributed by atoms with Gasteiger partial charge in [0.2, 0.25) is 0 Å². The maximum atomic E-state index is 12.5. The van der Waals surface area contributed by atoms with Crippen molar-refractivity contribution >= 4 is 28.2 Å². The first-order chi connectivity index (χ1) is 13.7. The van der Waals surface area contributed by atoms with E-state index >= 15 is 0 Å². The van der Waals surface area contributed by atoms with Gasteiger partial charge in [0, 0.05) is 24.3 Å². The molecule has 2 aromatic carbocycles. The fraction of sp³-hybridized carbons (Fsp3) is 0.0870. The van der Waals surface area contributed by atoms with Crippen LogP contribution in [0.15, 0.2) is 79.3 Å². The smallest absolute Gasteiger partial charge is 0.253 e. The Morgan fingerprint density at radius 1 is 1.00 bits per heavy atom. The lowest BCUT2D eigenvalue weighted by Crippen LogP contribution is -2.23. The second kappa shape index (κ2) is 7.88. The minimum absolute atomic E-state index is 0.159. The molecule has 0 fully saturated rings. The second-order valence-corrected chi connectivity index (χ2v) is 6.64. The minimum atomic E-state index is -0.159. The van der Waals surface area contributed by atoms with E-state index in [4.69, 9.17) is 0 Å². The number of nitrogens with one attached hydrogen (secondary N) is 2. The quantitative estimate of drug-likeness (QED) is 0.540. The zero-order chi connectivity index (χ0) is 19.3. The largest absolute Gasteiger partial charge is 0.352 e. The van der Waals surface area contributed by atoms with Gasteiger partial charge in [-0.25, -0.2) is 0 Å². The number of aryl methyl sites for hydroxylation is 1. The van der Waals surface area contributed by atoms with E-state index in [1.54, 1.807) is 24.7 Å². The van der Waals surface area contributed by atoms with E-state index in [-0.39, 0.29) is 5.91 Å². The Bertz CT molecular complexity index is 1130. The van der Waals surface area contributed by atoms with Gasteiger partial charge in [-0.3, -0.25) is 14.8 Å². The number of aromatic nitrogens is 2. The van der Waals surface area contributed by atoms with Gasteiger partial charge < -0.3 is 10.6 Å². The van der Waals surface area contributed by atoms with Crippen LogP contribution in [0.2, 0.25) is 0 Å². The number of anilines is 2. The van der Waals surface area contributed by atoms with Crippen molar-refractivity contribution in [2.45, 2.75) is 13.5 Å². The van der Waals surface area contributed by atoms with Gasteiger partial charge in [0.1, 0.15) is 0 Å². The summed E-state index contributed by atoms with van der Waals surface area (Å²) < 4.78 is 0. The van der Waals surface area contributed by atoms with Gasteiger partial charge in [-0.15, -0.1) is 0 Å². The average Bonchev–Trinajstić information content (AvgIpc) is 2.73. The van der Waals surface area contributed by atoms with E-state index in [1.165, 1.54) is 5.56 Å². The molecule has 0 saturated carbocycles. The number of pyridine rings is 2. The van der Waals surface area contributed by atoms with Gasteiger partial charge in [0.05, 0.1) is 28.7 Å². The number of hydrogen-bond donors (Lipinski definition) is 2. The van der Waals surface area contributed by atoms with Crippen molar-refractivity contribution in [1.29, 1.82) is 0 Å². The molecule has 2 heterocycles. The monoisotopic (exact) mass is 368 g/mol. The standard InChI is InChI=1S/C23H20N4O/c1-16-5-2-6-17(11-16)13-26-23(28)19-12-20(15-24-14-19)27-21-9-3-7-18-8-4-10-25-22(18)21/h2-12,14-15,27H,13H2,1H3,(H,26,28). The Labute approximate surface area is 163 Å². The van der Waals surface area contributed by atoms with Gasteiger partial charge in [0.15, 0.2) is 0 Å². The van der Waals surface area contributed by atoms with Gasteiger partial charge in [-0.1, -0.05) is 48.0 Å². The molecule has 138 valence electrons. The molecule has 0 spiro atoms. The van der Waals surface area contributed by atoms with Crippen molar-refractivity contribution in [3.63, 3.8) is 0 Å². The lowest BCUT2D eigenvalue weighted by Gasteiger charge is -2.10. The minimum Gasteiger partial charge on any atom is -0.352 e. The van der Waals surface area contributed by atoms with Gasteiger partial charge >= 0.3 is 0 Å². The highest BCUT2D eigenvalue weighted by Crippen LogP contribution is 2.24. The van der Waals surface area contributed by atoms with E-state index in [9.17, 15) is 4.79 Å². The average molecular weight is 368 g/mol. The van der Waals surface area contributed by atoms with E-state index in [1.807, 2.05) is 55.5 Å². The number of hydrogen-bond acceptors (Lipinski definition) is 4. The predicted octanol–water partition coefficient (Wildman–Crippen LogP) is 4.61. The number of benzene rings is 2. The topological polar surface area (TPSA) is 66.9 Å². The summed E-state index contributed by atoms with van der Waals surface area (Å²) in [6, 6.07) is 19.7. The zero-order valence-electron chi connectivity index (χ0n) is 15.5. The summed E-state index contributed by atoms with van der Waals surface area (Å²) in [7, 11) is 0. The highest BCUT2D eigenvalue weighted by Gasteiger charge is 2.08. The lowest BCUT2D eigenvalue weighted by molar-refractivity contribution is 0.0950. The number of carbonyl (C=O) groups is 1. The van der Waals surface area contributed by atoms with Crippen LogP contribution in [-0.2, 0) is 6.54 Å². The van der Waals surface area contributed by atoms with Crippen LogP contribution < -0.4 is 10.6 Å². The molecule has 5 heteroatoms. The van der Waals surface area contributed by atoms with Crippen LogP contribution in [0.1, 0.15) is 21.5 Å². The van der Waals surface area contributed by atoms with Crippen molar-refractivity contribution < 1.29 is 4.79 Å². The van der Waals surface area contributed by atoms with Crippen LogP contribution in [-0.4, -0.2) is 15.9 Å². The first-order valence-electron chi connectivity index (χ1n) is 9.08. The fourth-order valence-electron chi connectivity index (χ4n) is 3.10. The highest BCUT2D eigenvalue weighted by atomic mass is 16.1. The van der Waals surface area contributed by atoms with Gasteiger partial charge in [-0.05, 0) is 30.7 Å². The number of rotatable bonds is 5. The van der Waals surface area contributed by atoms with Crippen LogP contribution in [0.4, 0.5) is 11.4 Å². The Hall–Kier alpha value is -3.73. The Morgan fingerprint density at radius 2 is 1.86 bits per heavy atom. The Kier molecular flexibility index (Phi) is 4.97. The molecule has 4 aromatic rings. The first kappa shape index (κ1) is 17.7. The van der Waals surface area contributed by atoms with Crippen LogP contribution in [0.5, 0.6) is 0 Å². The summed E-state index contributed by atoms with van der Waals surface area (Å²) in [4.78, 5) is 21.2. The van der Waals surface area contributed by atoms with E-state index in [0.717, 1.165) is 27.8 Å². The molecule has 5 nitrogen and oxygen atoms in total. The third-order valence-corrected chi connectivity index (χ3v) is 4.45. The number of fused-ring (bicyclic) bond motifs is 1. The number of para-hydroxylation sites is 1. The third-order valence-electron chi connectivity index (χ3n) is 4.45. The molecule has 2 aromatic heterocycles. The maximum absolute atomic E-state index is 12.5. The molecule has 0 unspecified atom stereocenters. The number of carbonyl (C=O) groups excluding carboxylic acids is 1. The fourth-order valence-corrected chi connectivity index (χ4v) is 3.10. The summed E-state index contributed by atoms with van der Waals surface area (Å²) >= 11 is 0. The summed E-state index contributed by atoms with van der Waals surface area (Å²) in [5, 5.41) is 7.31. The summed E-state index contributed by atoms with van der Waals surface area (Å²) in [6.45, 7) is 2.51. The summed E-state index contributed by atoms with van der Waals surface area (Å²) in [5.74, 6) is -0.159. The van der Waals surface area contributed by atoms with Crippen molar-refractivity contribution in [3.05, 3.63) is 95.9 Å². The summed E-state index contributed by atoms with van der Waals surface area (Å²) in [5.41, 5.74) is 5.23. The summed E-state index contributed by atoms with van der Waals surface area (Å²) in [6.07, 6.45) is 5.03. The molecule has 28 heavy (non-hydrogen) atoms. The number of nitrogens with zero attached hydrogens (tertiary/aromatic N) is 2. The molecule has 0 bridgehead atoms. The number of amides is 1. The van der Waals surface area contributed by atoms with Crippen molar-refractivity contribution in [2.24, 2.45) is 0 Å². The normalized spacial score (nSPS) is 10.6. The predicted molar refractivity (Wildman–Crippen MR) is 112 cm³/mol. The second-order valence-electron chi connectivity index (χ2n) is 6.64. The van der Waals surface area contributed by atoms with Crippen molar-refractivity contribution in [1.82, 2.24) is 15.3 Å². The molecule has 0 aliphatic carbocycles. The lowest BCUT2D eigenvalue weighted by atomic mass is 10.1. The van der Waals surface area contributed by atoms with E-state index in [2.05, 4.69) is 26.7 Å². The Morgan fingerprint density at radius 3 is 2.75 bits per heavy atom. The van der Waals surface area contributed by atoms with E-state index in [0.29, 0.717) is 12.1 Å². The first-order valence-corrected chi connectivity index (χ1v) is 9.08. The zero-order valence-corrected chi connectivity index (χ0v) is 15.5. The third kappa shape index (κ3) is 3.99. The van der Waals surface area contributed by atoms with Crippen LogP contribution >= 0.6 is 0 Å². The molecule has 2 N–H and O–H groups in total. The molecular formula is C23H20N4O. The van der Waals surface area contributed by atoms with E-state index < -0.39 is 0 Å². The van der Waals surface area contributed by atoms with Crippen molar-refractivity contribution in [3.8, 4) is 0 Å². The highest BCUT2D eigenvalue weighted by molar-refractivity contribution is 5.96. The SMILES string of the molecule is Cc1cccc(CNC(=O)c2cncc(Nc3cccc4cccnc34)c2)c1.